The number of sulfonamides is 1. The van der Waals surface area contributed by atoms with Gasteiger partial charge in [0.2, 0.25) is 11.8 Å². The number of anilines is 1. The third-order valence-electron chi connectivity index (χ3n) is 6.21. The number of carbonyl (C=O) groups is 2. The first kappa shape index (κ1) is 31.1. The minimum atomic E-state index is -4.26. The lowest BCUT2D eigenvalue weighted by atomic mass is 10.1. The van der Waals surface area contributed by atoms with Crippen molar-refractivity contribution in [2.75, 3.05) is 18.0 Å². The molecule has 0 heterocycles. The maximum Gasteiger partial charge on any atom is 0.264 e. The van der Waals surface area contributed by atoms with E-state index in [1.165, 1.54) is 55.3 Å². The van der Waals surface area contributed by atoms with Crippen LogP contribution in [-0.4, -0.2) is 50.9 Å². The number of hydrogen-bond acceptors (Lipinski definition) is 5. The van der Waals surface area contributed by atoms with Gasteiger partial charge in [0.15, 0.2) is 0 Å². The van der Waals surface area contributed by atoms with Crippen LogP contribution in [0.25, 0.3) is 0 Å². The lowest BCUT2D eigenvalue weighted by Gasteiger charge is -2.32. The number of ether oxygens (including phenoxy) is 1. The molecule has 0 bridgehead atoms. The second-order valence-electron chi connectivity index (χ2n) is 9.60. The number of hydrogen-bond donors (Lipinski definition) is 1. The number of nitrogens with zero attached hydrogens (tertiary/aromatic N) is 2. The van der Waals surface area contributed by atoms with Crippen molar-refractivity contribution in [1.29, 1.82) is 0 Å². The maximum absolute atomic E-state index is 14.6. The maximum atomic E-state index is 14.6. The summed E-state index contributed by atoms with van der Waals surface area (Å²) in [6.07, 6.45) is 0. The largest absolute Gasteiger partial charge is 0.496 e. The third-order valence-corrected chi connectivity index (χ3v) is 8.60. The van der Waals surface area contributed by atoms with Crippen molar-refractivity contribution in [2.45, 2.75) is 51.2 Å². The number of nitrogens with one attached hydrogen (secondary N) is 1. The van der Waals surface area contributed by atoms with Gasteiger partial charge in [-0.3, -0.25) is 13.9 Å². The molecule has 3 aromatic carbocycles. The fourth-order valence-electron chi connectivity index (χ4n) is 3.97. The van der Waals surface area contributed by atoms with E-state index in [1.54, 1.807) is 44.2 Å². The lowest BCUT2D eigenvalue weighted by molar-refractivity contribution is -0.139. The summed E-state index contributed by atoms with van der Waals surface area (Å²) in [6, 6.07) is 15.7. The number of aryl methyl sites for hydroxylation is 1. The van der Waals surface area contributed by atoms with Crippen molar-refractivity contribution >= 4 is 43.5 Å². The third kappa shape index (κ3) is 7.39. The molecule has 3 aromatic rings. The highest BCUT2D eigenvalue weighted by Gasteiger charge is 2.33. The first-order valence-electron chi connectivity index (χ1n) is 12.6. The molecule has 0 fully saturated rings. The molecule has 11 heteroatoms. The zero-order valence-electron chi connectivity index (χ0n) is 23.0. The summed E-state index contributed by atoms with van der Waals surface area (Å²) < 4.78 is 49.1. The monoisotopic (exact) mass is 633 g/mol. The van der Waals surface area contributed by atoms with Gasteiger partial charge in [0.25, 0.3) is 10.0 Å². The van der Waals surface area contributed by atoms with Crippen LogP contribution in [-0.2, 0) is 26.2 Å². The number of halogens is 2. The van der Waals surface area contributed by atoms with Gasteiger partial charge in [-0.25, -0.2) is 12.8 Å². The molecule has 1 atom stereocenters. The Hall–Kier alpha value is -3.44. The van der Waals surface area contributed by atoms with Crippen LogP contribution >= 0.6 is 15.9 Å². The van der Waals surface area contributed by atoms with Crippen LogP contribution in [0.2, 0.25) is 0 Å². The van der Waals surface area contributed by atoms with Crippen LogP contribution in [0.1, 0.15) is 31.9 Å². The molecule has 0 unspecified atom stereocenters. The fourth-order valence-corrected chi connectivity index (χ4v) is 6.11. The van der Waals surface area contributed by atoms with E-state index >= 15 is 0 Å². The van der Waals surface area contributed by atoms with Gasteiger partial charge in [-0.15, -0.1) is 0 Å². The molecule has 2 amide bonds. The number of benzene rings is 3. The SMILES string of the molecule is COc1ccc(S(=O)(=O)N(CC(=O)N(Cc2ccccc2F)[C@H](C)C(=O)NC(C)C)c2ccc(C)cc2)cc1Br. The van der Waals surface area contributed by atoms with E-state index in [1.807, 2.05) is 6.92 Å². The minimum Gasteiger partial charge on any atom is -0.496 e. The number of methoxy groups -OCH3 is 1. The summed E-state index contributed by atoms with van der Waals surface area (Å²) in [7, 11) is -2.80. The van der Waals surface area contributed by atoms with Crippen molar-refractivity contribution in [3.63, 3.8) is 0 Å². The van der Waals surface area contributed by atoms with Gasteiger partial charge in [0.05, 0.1) is 22.2 Å². The zero-order chi connectivity index (χ0) is 29.6. The molecule has 214 valence electrons. The summed E-state index contributed by atoms with van der Waals surface area (Å²) >= 11 is 3.32. The molecule has 0 aliphatic carbocycles. The average Bonchev–Trinajstić information content (AvgIpc) is 2.90. The number of amides is 2. The van der Waals surface area contributed by atoms with E-state index < -0.39 is 40.2 Å². The van der Waals surface area contributed by atoms with E-state index in [-0.39, 0.29) is 28.7 Å². The molecule has 3 rings (SSSR count). The number of rotatable bonds is 11. The smallest absolute Gasteiger partial charge is 0.264 e. The average molecular weight is 635 g/mol. The molecule has 0 aliphatic heterocycles. The van der Waals surface area contributed by atoms with E-state index in [9.17, 15) is 22.4 Å². The topological polar surface area (TPSA) is 96.0 Å². The summed E-state index contributed by atoms with van der Waals surface area (Å²) in [5, 5.41) is 2.77. The fraction of sp³-hybridized carbons (Fsp3) is 0.310. The van der Waals surface area contributed by atoms with Crippen molar-refractivity contribution in [3.8, 4) is 5.75 Å². The Morgan fingerprint density at radius 1 is 1.02 bits per heavy atom. The van der Waals surface area contributed by atoms with Gasteiger partial charge >= 0.3 is 0 Å². The number of carbonyl (C=O) groups excluding carboxylic acids is 2. The summed E-state index contributed by atoms with van der Waals surface area (Å²) in [4.78, 5) is 27.9. The molecule has 1 N–H and O–H groups in total. The zero-order valence-corrected chi connectivity index (χ0v) is 25.4. The highest BCUT2D eigenvalue weighted by atomic mass is 79.9. The van der Waals surface area contributed by atoms with Gasteiger partial charge in [-0.05, 0) is 80.0 Å². The predicted molar refractivity (Wildman–Crippen MR) is 156 cm³/mol. The predicted octanol–water partition coefficient (Wildman–Crippen LogP) is 5.04. The van der Waals surface area contributed by atoms with Crippen LogP contribution in [0, 0.1) is 12.7 Å². The molecule has 40 heavy (non-hydrogen) atoms. The Morgan fingerprint density at radius 3 is 2.25 bits per heavy atom. The van der Waals surface area contributed by atoms with E-state index in [0.29, 0.717) is 10.2 Å². The van der Waals surface area contributed by atoms with Crippen molar-refractivity contribution in [3.05, 3.63) is 88.1 Å². The Bertz CT molecular complexity index is 1460. The summed E-state index contributed by atoms with van der Waals surface area (Å²) in [6.45, 7) is 6.11. The van der Waals surface area contributed by atoms with Crippen molar-refractivity contribution in [1.82, 2.24) is 10.2 Å². The van der Waals surface area contributed by atoms with Gasteiger partial charge in [0, 0.05) is 18.2 Å². The molecular formula is C29H33BrFN3O5S. The van der Waals surface area contributed by atoms with Crippen LogP contribution in [0.5, 0.6) is 5.75 Å². The van der Waals surface area contributed by atoms with Crippen LogP contribution in [0.3, 0.4) is 0 Å². The Balaban J connectivity index is 2.06. The van der Waals surface area contributed by atoms with E-state index in [4.69, 9.17) is 4.74 Å². The van der Waals surface area contributed by atoms with Crippen molar-refractivity contribution in [2.24, 2.45) is 0 Å². The second kappa shape index (κ2) is 13.3. The van der Waals surface area contributed by atoms with Gasteiger partial charge in [-0.2, -0.15) is 0 Å². The van der Waals surface area contributed by atoms with Crippen LogP contribution in [0.4, 0.5) is 10.1 Å². The highest BCUT2D eigenvalue weighted by Crippen LogP contribution is 2.31. The normalized spacial score (nSPS) is 12.1. The Kier molecular flexibility index (Phi) is 10.3. The van der Waals surface area contributed by atoms with Gasteiger partial charge in [0.1, 0.15) is 24.2 Å². The lowest BCUT2D eigenvalue weighted by Crippen LogP contribution is -2.52. The van der Waals surface area contributed by atoms with Crippen molar-refractivity contribution < 1.29 is 27.1 Å². The van der Waals surface area contributed by atoms with Crippen LogP contribution in [0.15, 0.2) is 76.1 Å². The second-order valence-corrected chi connectivity index (χ2v) is 12.3. The quantitative estimate of drug-likeness (QED) is 0.319. The van der Waals surface area contributed by atoms with E-state index in [2.05, 4.69) is 21.2 Å². The summed E-state index contributed by atoms with van der Waals surface area (Å²) in [5.74, 6) is -1.21. The molecule has 0 spiro atoms. The van der Waals surface area contributed by atoms with E-state index in [0.717, 1.165) is 9.87 Å². The van der Waals surface area contributed by atoms with Gasteiger partial charge < -0.3 is 15.0 Å². The Labute approximate surface area is 243 Å². The first-order valence-corrected chi connectivity index (χ1v) is 14.8. The summed E-state index contributed by atoms with van der Waals surface area (Å²) in [5.41, 5.74) is 1.36. The van der Waals surface area contributed by atoms with Crippen LogP contribution < -0.4 is 14.4 Å². The highest BCUT2D eigenvalue weighted by molar-refractivity contribution is 9.10. The first-order chi connectivity index (χ1) is 18.8. The molecular weight excluding hydrogens is 601 g/mol. The molecule has 8 nitrogen and oxygen atoms in total. The van der Waals surface area contributed by atoms with Gasteiger partial charge in [-0.1, -0.05) is 35.9 Å². The molecule has 0 aliphatic rings. The minimum absolute atomic E-state index is 0.0696. The molecule has 0 aromatic heterocycles. The standard InChI is InChI=1S/C29H33BrFN3O5S/c1-19(2)32-29(36)21(4)33(17-22-8-6-7-9-26(22)31)28(35)18-34(23-12-10-20(3)11-13-23)40(37,38)24-14-15-27(39-5)25(30)16-24/h6-16,19,21H,17-18H2,1-5H3,(H,32,36)/t21-/m1/s1. The molecule has 0 saturated carbocycles. The Morgan fingerprint density at radius 2 is 1.68 bits per heavy atom. The molecule has 0 radical (unpaired) electrons. The molecule has 0 saturated heterocycles.